The number of ether oxygens (including phenoxy) is 4. The summed E-state index contributed by atoms with van der Waals surface area (Å²) in [4.78, 5) is 71.6. The number of nitrogens with zero attached hydrogens (tertiary/aromatic N) is 6. The van der Waals surface area contributed by atoms with Crippen LogP contribution < -0.4 is 28.7 Å². The van der Waals surface area contributed by atoms with E-state index in [4.69, 9.17) is 18.9 Å². The van der Waals surface area contributed by atoms with Crippen molar-refractivity contribution in [3.63, 3.8) is 0 Å². The van der Waals surface area contributed by atoms with Crippen molar-refractivity contribution >= 4 is 165 Å². The summed E-state index contributed by atoms with van der Waals surface area (Å²) < 4.78 is 38.5. The van der Waals surface area contributed by atoms with Crippen LogP contribution >= 0.6 is 0 Å². The van der Waals surface area contributed by atoms with Crippen LogP contribution in [0.3, 0.4) is 0 Å². The monoisotopic (exact) mass is 1570 g/mol. The summed E-state index contributed by atoms with van der Waals surface area (Å²) >= 11 is 0. The van der Waals surface area contributed by atoms with Gasteiger partial charge in [-0.25, -0.2) is 9.80 Å². The van der Waals surface area contributed by atoms with E-state index in [9.17, 15) is 0 Å². The summed E-state index contributed by atoms with van der Waals surface area (Å²) in [7, 11) is 0. The quantitative estimate of drug-likeness (QED) is 0.0597. The van der Waals surface area contributed by atoms with Gasteiger partial charge in [-0.05, 0) is 158 Å². The van der Waals surface area contributed by atoms with Crippen molar-refractivity contribution in [2.45, 2.75) is 0 Å². The first-order valence-corrected chi connectivity index (χ1v) is 40.5. The second-order valence-corrected chi connectivity index (χ2v) is 31.1. The van der Waals surface area contributed by atoms with Gasteiger partial charge < -0.3 is 37.2 Å². The highest BCUT2D eigenvalue weighted by Crippen LogP contribution is 2.59. The Balaban J connectivity index is 0.786. The number of aromatic nitrogens is 4. The fraction of sp³-hybridized carbons (Fsp3) is 0. The molecule has 0 N–H and O–H groups in total. The molecule has 4 amide bonds. The minimum Gasteiger partial charge on any atom is -0.457 e. The molecule has 0 fully saturated rings. The van der Waals surface area contributed by atoms with E-state index in [0.717, 1.165) is 87.2 Å². The molecular weight excluding hydrogens is 1510 g/mol. The average molecular weight is 1570 g/mol. The normalized spacial score (nSPS) is 13.0. The Labute approximate surface area is 694 Å². The molecule has 0 bridgehead atoms. The summed E-state index contributed by atoms with van der Waals surface area (Å²) in [5, 5.41) is 11.1. The third kappa shape index (κ3) is 10.1. The fourth-order valence-corrected chi connectivity index (χ4v) is 19.5. The number of amides is 4. The van der Waals surface area contributed by atoms with Gasteiger partial charge in [0.15, 0.2) is 0 Å². The molecule has 0 atom stereocenters. The summed E-state index contributed by atoms with van der Waals surface area (Å²) in [6.07, 6.45) is 0. The van der Waals surface area contributed by atoms with Crippen molar-refractivity contribution in [1.29, 1.82) is 0 Å². The molecule has 14 nitrogen and oxygen atoms in total. The van der Waals surface area contributed by atoms with E-state index in [2.05, 4.69) is 127 Å². The van der Waals surface area contributed by atoms with E-state index in [0.29, 0.717) is 88.8 Å². The number of fused-ring (bicyclic) bond motifs is 14. The van der Waals surface area contributed by atoms with Crippen LogP contribution in [-0.2, 0) is 0 Å². The molecule has 23 aromatic rings. The molecule has 4 aromatic heterocycles. The number of benzene rings is 19. The number of rotatable bonds is 14. The van der Waals surface area contributed by atoms with E-state index in [-0.39, 0.29) is 56.6 Å². The maximum atomic E-state index is 17.3. The average Bonchev–Trinajstić information content (AvgIpc) is 0.907. The van der Waals surface area contributed by atoms with Crippen LogP contribution in [-0.4, -0.2) is 41.9 Å². The van der Waals surface area contributed by atoms with Crippen molar-refractivity contribution in [2.75, 3.05) is 9.80 Å². The predicted molar refractivity (Wildman–Crippen MR) is 486 cm³/mol. The van der Waals surface area contributed by atoms with Crippen LogP contribution in [0.25, 0.3) is 153 Å². The van der Waals surface area contributed by atoms with Gasteiger partial charge in [0.05, 0.1) is 101 Å². The number of anilines is 2. The number of imide groups is 2. The first-order valence-electron chi connectivity index (χ1n) is 40.5. The second-order valence-electron chi connectivity index (χ2n) is 31.1. The van der Waals surface area contributed by atoms with Crippen molar-refractivity contribution < 1.29 is 38.1 Å². The Morgan fingerprint density at radius 1 is 0.164 bits per heavy atom. The van der Waals surface area contributed by atoms with Crippen LogP contribution in [0.2, 0.25) is 0 Å². The lowest BCUT2D eigenvalue weighted by Crippen LogP contribution is -2.41. The standard InChI is InChI=1S/C108H62N6O8/c115-105-81-59-93(119-69-29-5-1-6-30-69)99-100-94(120-70-31-7-2-8-32-70)60-83-98-84(108(118)114(107(83)117)68-57-65(111-89-49-25-17-41-77(89)78-42-18-26-50-90(78)111)54-66(58-68)112-91-51-27-19-43-79(91)80-44-20-28-52-92(80)112)62-96(122-72-35-11-4-12-36-72)102(104(98)100)101-95(121-71-33-9-3-10-34-71)61-82(97(81)103(99)101)106(116)113(105)67-55-63(109-85-45-21-13-37-73(85)74-38-14-22-46-86(74)109)53-64(56-67)110-87-47-23-15-39-75(87)76-40-16-24-48-88(76)110/h1-62H. The van der Waals surface area contributed by atoms with Crippen molar-refractivity contribution in [3.05, 3.63) is 398 Å². The molecule has 0 saturated carbocycles. The Morgan fingerprint density at radius 2 is 0.336 bits per heavy atom. The highest BCUT2D eigenvalue weighted by Gasteiger charge is 2.43. The molecule has 2 aliphatic rings. The number of carbonyl (C=O) groups excluding carboxylic acids is 4. The summed E-state index contributed by atoms with van der Waals surface area (Å²) in [5.74, 6) is -0.183. The maximum Gasteiger partial charge on any atom is 0.266 e. The maximum absolute atomic E-state index is 17.3. The van der Waals surface area contributed by atoms with Crippen LogP contribution in [0.15, 0.2) is 376 Å². The lowest BCUT2D eigenvalue weighted by molar-refractivity contribution is 0.0877. The zero-order chi connectivity index (χ0) is 80.7. The van der Waals surface area contributed by atoms with Gasteiger partial charge in [0, 0.05) is 86.2 Å². The SMILES string of the molecule is O=C1c2cc(Oc3ccccc3)c3c4c(Oc5ccccc5)cc5c6c(cc(Oc7ccccc7)c(c7c(Oc8ccccc8)cc(c2c37)C(=O)N1c1cc(-n2c3ccccc3c3ccccc32)cc(-n2c3ccccc3c3ccccc32)c1)c64)C(=O)N(c1cc(-n2c3ccccc3c3ccccc32)cc(-n2c3ccccc3c3ccccc32)c1)C5=O. The zero-order valence-corrected chi connectivity index (χ0v) is 64.7. The smallest absolute Gasteiger partial charge is 0.266 e. The molecule has 6 heterocycles. The van der Waals surface area contributed by atoms with E-state index in [1.165, 1.54) is 9.80 Å². The van der Waals surface area contributed by atoms with Gasteiger partial charge in [-0.1, -0.05) is 218 Å². The molecule has 19 aromatic carbocycles. The van der Waals surface area contributed by atoms with Crippen LogP contribution in [0.1, 0.15) is 41.4 Å². The van der Waals surface area contributed by atoms with Gasteiger partial charge in [0.25, 0.3) is 23.6 Å². The van der Waals surface area contributed by atoms with E-state index in [1.54, 1.807) is 24.3 Å². The van der Waals surface area contributed by atoms with Gasteiger partial charge in [-0.15, -0.1) is 0 Å². The van der Waals surface area contributed by atoms with Crippen molar-refractivity contribution in [1.82, 2.24) is 18.3 Å². The molecule has 2 aliphatic heterocycles. The second kappa shape index (κ2) is 26.3. The molecule has 0 spiro atoms. The third-order valence-corrected chi connectivity index (χ3v) is 24.4. The molecule has 0 saturated heterocycles. The van der Waals surface area contributed by atoms with E-state index >= 15 is 19.2 Å². The van der Waals surface area contributed by atoms with Gasteiger partial charge in [-0.3, -0.25) is 19.2 Å². The van der Waals surface area contributed by atoms with Crippen molar-refractivity contribution in [3.8, 4) is 68.7 Å². The van der Waals surface area contributed by atoms with Crippen molar-refractivity contribution in [2.24, 2.45) is 0 Å². The lowest BCUT2D eigenvalue weighted by Gasteiger charge is -2.33. The molecule has 572 valence electrons. The highest BCUT2D eigenvalue weighted by molar-refractivity contribution is 6.48. The largest absolute Gasteiger partial charge is 0.457 e. The molecule has 122 heavy (non-hydrogen) atoms. The van der Waals surface area contributed by atoms with Gasteiger partial charge in [0.1, 0.15) is 46.0 Å². The minimum atomic E-state index is -0.639. The Morgan fingerprint density at radius 3 is 0.533 bits per heavy atom. The topological polar surface area (TPSA) is 131 Å². The summed E-state index contributed by atoms with van der Waals surface area (Å²) in [5.41, 5.74) is 11.3. The first-order chi connectivity index (χ1) is 60.2. The Hall–Kier alpha value is -16.8. The molecule has 14 heteroatoms. The van der Waals surface area contributed by atoms with E-state index in [1.807, 2.05) is 243 Å². The molecular formula is C108H62N6O8. The highest BCUT2D eigenvalue weighted by atomic mass is 16.5. The summed E-state index contributed by atoms with van der Waals surface area (Å²) in [6, 6.07) is 122. The number of para-hydroxylation sites is 12. The van der Waals surface area contributed by atoms with Gasteiger partial charge in [-0.2, -0.15) is 0 Å². The molecule has 0 unspecified atom stereocenters. The Bertz CT molecular complexity index is 7320. The summed E-state index contributed by atoms with van der Waals surface area (Å²) in [6.45, 7) is 0. The van der Waals surface area contributed by atoms with Gasteiger partial charge in [0.2, 0.25) is 0 Å². The molecule has 0 radical (unpaired) electrons. The first kappa shape index (κ1) is 68.4. The van der Waals surface area contributed by atoms with Crippen LogP contribution in [0.4, 0.5) is 11.4 Å². The molecule has 0 aliphatic carbocycles. The Kier molecular flexibility index (Phi) is 14.8. The fourth-order valence-electron chi connectivity index (χ4n) is 19.5. The van der Waals surface area contributed by atoms with Crippen LogP contribution in [0, 0.1) is 0 Å². The zero-order valence-electron chi connectivity index (χ0n) is 64.7. The predicted octanol–water partition coefficient (Wildman–Crippen LogP) is 26.9. The minimum absolute atomic E-state index is 0.131. The van der Waals surface area contributed by atoms with E-state index < -0.39 is 23.6 Å². The number of hydrogen-bond acceptors (Lipinski definition) is 8. The van der Waals surface area contributed by atoms with Crippen LogP contribution in [0.5, 0.6) is 46.0 Å². The van der Waals surface area contributed by atoms with Gasteiger partial charge >= 0.3 is 0 Å². The lowest BCUT2D eigenvalue weighted by atomic mass is 9.80. The third-order valence-electron chi connectivity index (χ3n) is 24.4. The number of carbonyl (C=O) groups is 4. The molecule has 25 rings (SSSR count). The number of hydrogen-bond donors (Lipinski definition) is 0.